The predicted octanol–water partition coefficient (Wildman–Crippen LogP) is 3.50. The number of aliphatic hydroxyl groups excluding tert-OH is 1. The monoisotopic (exact) mass is 297 g/mol. The Bertz CT molecular complexity index is 561. The Morgan fingerprint density at radius 1 is 1.05 bits per heavy atom. The van der Waals surface area contributed by atoms with Crippen LogP contribution in [-0.4, -0.2) is 16.7 Å². The topological polar surface area (TPSA) is 42.4 Å². The zero-order valence-electron chi connectivity index (χ0n) is 10.1. The first-order valence-corrected chi connectivity index (χ1v) is 6.59. The fourth-order valence-electron chi connectivity index (χ4n) is 1.68. The van der Waals surface area contributed by atoms with E-state index in [1.807, 2.05) is 24.3 Å². The molecule has 5 heteroatoms. The number of nitrogens with zero attached hydrogens (tertiary/aromatic N) is 1. The van der Waals surface area contributed by atoms with Gasteiger partial charge in [-0.25, -0.2) is 4.98 Å². The van der Waals surface area contributed by atoms with Gasteiger partial charge in [-0.2, -0.15) is 0 Å². The summed E-state index contributed by atoms with van der Waals surface area (Å²) in [5, 5.41) is 9.70. The van der Waals surface area contributed by atoms with E-state index in [1.165, 1.54) is 0 Å². The Morgan fingerprint density at radius 2 is 1.84 bits per heavy atom. The van der Waals surface area contributed by atoms with Gasteiger partial charge in [0.2, 0.25) is 0 Å². The van der Waals surface area contributed by atoms with Crippen LogP contribution in [0.1, 0.15) is 11.1 Å². The Morgan fingerprint density at radius 3 is 2.58 bits per heavy atom. The van der Waals surface area contributed by atoms with Crippen LogP contribution in [0.15, 0.2) is 36.4 Å². The van der Waals surface area contributed by atoms with Crippen molar-refractivity contribution in [2.75, 3.05) is 6.61 Å². The third-order valence-electron chi connectivity index (χ3n) is 2.63. The first kappa shape index (κ1) is 14.1. The number of hydrogen-bond donors (Lipinski definition) is 1. The lowest BCUT2D eigenvalue weighted by molar-refractivity contribution is 0.284. The van der Waals surface area contributed by atoms with Crippen molar-refractivity contribution in [1.29, 1.82) is 0 Å². The van der Waals surface area contributed by atoms with E-state index in [0.717, 1.165) is 16.9 Å². The van der Waals surface area contributed by atoms with Gasteiger partial charge in [0.15, 0.2) is 0 Å². The molecule has 1 N–H and O–H groups in total. The Labute approximate surface area is 121 Å². The molecule has 1 heterocycles. The van der Waals surface area contributed by atoms with Gasteiger partial charge in [0.1, 0.15) is 22.7 Å². The van der Waals surface area contributed by atoms with E-state index in [9.17, 15) is 0 Å². The molecule has 0 aliphatic carbocycles. The van der Waals surface area contributed by atoms with Crippen LogP contribution in [0.2, 0.25) is 10.3 Å². The van der Waals surface area contributed by atoms with E-state index in [2.05, 4.69) is 4.98 Å². The van der Waals surface area contributed by atoms with E-state index in [0.29, 0.717) is 23.3 Å². The molecular weight excluding hydrogens is 285 g/mol. The summed E-state index contributed by atoms with van der Waals surface area (Å²) in [5.74, 6) is 0.738. The number of aliphatic hydroxyl groups is 1. The number of benzene rings is 1. The lowest BCUT2D eigenvalue weighted by Crippen LogP contribution is -2.01. The van der Waals surface area contributed by atoms with Crippen LogP contribution in [0.4, 0.5) is 0 Å². The second-order valence-electron chi connectivity index (χ2n) is 3.95. The number of pyridine rings is 1. The highest BCUT2D eigenvalue weighted by atomic mass is 35.5. The fourth-order valence-corrected chi connectivity index (χ4v) is 2.08. The maximum Gasteiger partial charge on any atom is 0.137 e. The summed E-state index contributed by atoms with van der Waals surface area (Å²) in [5.41, 5.74) is 1.73. The molecule has 100 valence electrons. The van der Waals surface area contributed by atoms with Crippen molar-refractivity contribution in [2.24, 2.45) is 0 Å². The molecule has 3 nitrogen and oxygen atoms in total. The zero-order valence-corrected chi connectivity index (χ0v) is 11.7. The van der Waals surface area contributed by atoms with Crippen LogP contribution in [0.3, 0.4) is 0 Å². The number of para-hydroxylation sites is 1. The number of halogens is 2. The Kier molecular flexibility index (Phi) is 5.02. The molecule has 2 aromatic rings. The highest BCUT2D eigenvalue weighted by Crippen LogP contribution is 2.22. The number of ether oxygens (including phenoxy) is 1. The average Bonchev–Trinajstić information content (AvgIpc) is 2.40. The van der Waals surface area contributed by atoms with Gasteiger partial charge in [0.05, 0.1) is 0 Å². The minimum atomic E-state index is 0.0869. The van der Waals surface area contributed by atoms with Crippen LogP contribution in [-0.2, 0) is 13.0 Å². The summed E-state index contributed by atoms with van der Waals surface area (Å²) in [6, 6.07) is 11.0. The lowest BCUT2D eigenvalue weighted by Gasteiger charge is -2.11. The molecule has 0 spiro atoms. The molecule has 0 bridgehead atoms. The average molecular weight is 298 g/mol. The normalized spacial score (nSPS) is 10.5. The van der Waals surface area contributed by atoms with Crippen LogP contribution in [0.5, 0.6) is 5.75 Å². The summed E-state index contributed by atoms with van der Waals surface area (Å²) in [7, 11) is 0. The van der Waals surface area contributed by atoms with E-state index >= 15 is 0 Å². The smallest absolute Gasteiger partial charge is 0.137 e. The van der Waals surface area contributed by atoms with Crippen molar-refractivity contribution < 1.29 is 9.84 Å². The van der Waals surface area contributed by atoms with Gasteiger partial charge in [-0.3, -0.25) is 0 Å². The molecule has 0 radical (unpaired) electrons. The maximum absolute atomic E-state index is 9.00. The zero-order chi connectivity index (χ0) is 13.7. The third kappa shape index (κ3) is 3.83. The summed E-state index contributed by atoms with van der Waals surface area (Å²) in [6.45, 7) is 0.398. The SMILES string of the molecule is OCCc1ccccc1OCc1ccc(Cl)nc1Cl. The van der Waals surface area contributed by atoms with Gasteiger partial charge in [0.25, 0.3) is 0 Å². The molecule has 0 fully saturated rings. The van der Waals surface area contributed by atoms with E-state index in [4.69, 9.17) is 33.0 Å². The quantitative estimate of drug-likeness (QED) is 0.859. The number of hydrogen-bond acceptors (Lipinski definition) is 3. The molecule has 19 heavy (non-hydrogen) atoms. The fraction of sp³-hybridized carbons (Fsp3) is 0.214. The molecule has 0 aliphatic rings. The Balaban J connectivity index is 2.10. The first-order valence-electron chi connectivity index (χ1n) is 5.83. The number of aromatic nitrogens is 1. The van der Waals surface area contributed by atoms with Crippen LogP contribution in [0.25, 0.3) is 0 Å². The molecule has 0 unspecified atom stereocenters. The maximum atomic E-state index is 9.00. The van der Waals surface area contributed by atoms with E-state index < -0.39 is 0 Å². The second kappa shape index (κ2) is 6.75. The van der Waals surface area contributed by atoms with Crippen LogP contribution in [0, 0.1) is 0 Å². The number of rotatable bonds is 5. The summed E-state index contributed by atoms with van der Waals surface area (Å²) < 4.78 is 5.72. The summed E-state index contributed by atoms with van der Waals surface area (Å²) >= 11 is 11.7. The van der Waals surface area contributed by atoms with Gasteiger partial charge >= 0.3 is 0 Å². The second-order valence-corrected chi connectivity index (χ2v) is 4.70. The molecule has 0 aliphatic heterocycles. The van der Waals surface area contributed by atoms with Crippen molar-refractivity contribution in [2.45, 2.75) is 13.0 Å². The molecule has 1 aromatic carbocycles. The highest BCUT2D eigenvalue weighted by molar-refractivity contribution is 6.32. The van der Waals surface area contributed by atoms with E-state index in [1.54, 1.807) is 12.1 Å². The third-order valence-corrected chi connectivity index (χ3v) is 3.17. The molecular formula is C14H13Cl2NO2. The summed E-state index contributed by atoms with van der Waals surface area (Å²) in [4.78, 5) is 3.96. The van der Waals surface area contributed by atoms with E-state index in [-0.39, 0.29) is 6.61 Å². The minimum absolute atomic E-state index is 0.0869. The van der Waals surface area contributed by atoms with Crippen molar-refractivity contribution in [1.82, 2.24) is 4.98 Å². The largest absolute Gasteiger partial charge is 0.489 e. The highest BCUT2D eigenvalue weighted by Gasteiger charge is 2.06. The van der Waals surface area contributed by atoms with Crippen LogP contribution >= 0.6 is 23.2 Å². The van der Waals surface area contributed by atoms with Crippen molar-refractivity contribution in [3.05, 3.63) is 57.8 Å². The predicted molar refractivity (Wildman–Crippen MR) is 75.8 cm³/mol. The molecule has 0 atom stereocenters. The molecule has 0 saturated heterocycles. The van der Waals surface area contributed by atoms with Gasteiger partial charge in [0, 0.05) is 12.2 Å². The van der Waals surface area contributed by atoms with Crippen molar-refractivity contribution in [3.63, 3.8) is 0 Å². The Hall–Kier alpha value is -1.29. The van der Waals surface area contributed by atoms with Gasteiger partial charge in [-0.05, 0) is 30.2 Å². The minimum Gasteiger partial charge on any atom is -0.489 e. The molecule has 0 saturated carbocycles. The van der Waals surface area contributed by atoms with Gasteiger partial charge in [-0.15, -0.1) is 0 Å². The molecule has 1 aromatic heterocycles. The van der Waals surface area contributed by atoms with Crippen molar-refractivity contribution >= 4 is 23.2 Å². The standard InChI is InChI=1S/C14H13Cl2NO2/c15-13-6-5-11(14(16)17-13)9-19-12-4-2-1-3-10(12)7-8-18/h1-6,18H,7-9H2. The van der Waals surface area contributed by atoms with Gasteiger partial charge < -0.3 is 9.84 Å². The molecule has 0 amide bonds. The summed E-state index contributed by atoms with van der Waals surface area (Å²) in [6.07, 6.45) is 0.558. The lowest BCUT2D eigenvalue weighted by atomic mass is 10.1. The molecule has 2 rings (SSSR count). The first-order chi connectivity index (χ1) is 9.20. The van der Waals surface area contributed by atoms with Crippen molar-refractivity contribution in [3.8, 4) is 5.75 Å². The van der Waals surface area contributed by atoms with Gasteiger partial charge in [-0.1, -0.05) is 41.4 Å². The van der Waals surface area contributed by atoms with Crippen LogP contribution < -0.4 is 4.74 Å².